The molecule has 0 saturated carbocycles. The van der Waals surface area contributed by atoms with E-state index >= 15 is 0 Å². The second-order valence-corrected chi connectivity index (χ2v) is 8.91. The van der Waals surface area contributed by atoms with E-state index in [0.717, 1.165) is 21.6 Å². The van der Waals surface area contributed by atoms with Crippen LogP contribution in [0.2, 0.25) is 0 Å². The molecular weight excluding hydrogens is 438 g/mol. The maximum absolute atomic E-state index is 12.7. The molecule has 0 aliphatic carbocycles. The Morgan fingerprint density at radius 2 is 1.46 bits per heavy atom. The summed E-state index contributed by atoms with van der Waals surface area (Å²) in [4.78, 5) is 32.8. The van der Waals surface area contributed by atoms with Gasteiger partial charge in [0.2, 0.25) is 5.96 Å². The average Bonchev–Trinajstić information content (AvgIpc) is 3.09. The van der Waals surface area contributed by atoms with Gasteiger partial charge in [-0.3, -0.25) is 4.79 Å². The number of guanidine groups is 1. The Morgan fingerprint density at radius 3 is 2.00 bits per heavy atom. The molecule has 35 heavy (non-hydrogen) atoms. The van der Waals surface area contributed by atoms with E-state index in [-0.39, 0.29) is 17.8 Å². The van der Waals surface area contributed by atoms with Crippen LogP contribution in [0.4, 0.5) is 4.79 Å². The van der Waals surface area contributed by atoms with E-state index in [0.29, 0.717) is 12.1 Å². The van der Waals surface area contributed by atoms with E-state index < -0.39 is 11.6 Å². The van der Waals surface area contributed by atoms with E-state index in [4.69, 9.17) is 0 Å². The van der Waals surface area contributed by atoms with Crippen LogP contribution in [0.3, 0.4) is 0 Å². The zero-order valence-electron chi connectivity index (χ0n) is 20.1. The SMILES string of the molecule is CC(C)C(=O)N=C1N(C(=O)O)C(=Cc2ccccc2)C(Cc2ccccc2)(c2ccccc2)N1C. The van der Waals surface area contributed by atoms with E-state index in [1.165, 1.54) is 0 Å². The van der Waals surface area contributed by atoms with Crippen molar-refractivity contribution in [2.75, 3.05) is 7.05 Å². The molecule has 1 aliphatic rings. The van der Waals surface area contributed by atoms with Crippen molar-refractivity contribution >= 4 is 24.0 Å². The standard InChI is InChI=1S/C29H29N3O3/c1-21(2)26(33)30-27-31(3)29(24-17-11-6-12-18-24,20-23-15-9-5-10-16-23)25(32(27)28(34)35)19-22-13-7-4-8-14-22/h4-19,21H,20H2,1-3H3,(H,34,35). The number of carboxylic acid groups (broad SMARTS) is 1. The molecule has 1 fully saturated rings. The maximum atomic E-state index is 12.7. The van der Waals surface area contributed by atoms with Crippen molar-refractivity contribution < 1.29 is 14.7 Å². The minimum absolute atomic E-state index is 0.0955. The zero-order chi connectivity index (χ0) is 25.0. The van der Waals surface area contributed by atoms with Crippen molar-refractivity contribution in [3.05, 3.63) is 113 Å². The summed E-state index contributed by atoms with van der Waals surface area (Å²) in [6.07, 6.45) is 1.16. The van der Waals surface area contributed by atoms with Gasteiger partial charge in [0, 0.05) is 19.4 Å². The Morgan fingerprint density at radius 1 is 0.914 bits per heavy atom. The molecule has 6 nitrogen and oxygen atoms in total. The summed E-state index contributed by atoms with van der Waals surface area (Å²) < 4.78 is 0. The number of nitrogens with zero attached hydrogens (tertiary/aromatic N) is 3. The Labute approximate surface area is 205 Å². The molecule has 1 unspecified atom stereocenters. The van der Waals surface area contributed by atoms with Gasteiger partial charge in [-0.25, -0.2) is 9.69 Å². The zero-order valence-corrected chi connectivity index (χ0v) is 20.1. The molecule has 1 saturated heterocycles. The third-order valence-corrected chi connectivity index (χ3v) is 6.29. The van der Waals surface area contributed by atoms with Gasteiger partial charge in [0.25, 0.3) is 5.91 Å². The molecule has 0 aromatic heterocycles. The van der Waals surface area contributed by atoms with Gasteiger partial charge in [0.1, 0.15) is 5.54 Å². The summed E-state index contributed by atoms with van der Waals surface area (Å²) in [7, 11) is 1.81. The number of rotatable bonds is 5. The van der Waals surface area contributed by atoms with Crippen molar-refractivity contribution in [3.63, 3.8) is 0 Å². The number of amides is 2. The Hall–Kier alpha value is -4.19. The summed E-state index contributed by atoms with van der Waals surface area (Å²) in [5.74, 6) is -0.646. The van der Waals surface area contributed by atoms with Crippen LogP contribution in [0.15, 0.2) is 102 Å². The minimum atomic E-state index is -1.19. The van der Waals surface area contributed by atoms with Gasteiger partial charge in [-0.05, 0) is 22.8 Å². The molecule has 3 aromatic rings. The minimum Gasteiger partial charge on any atom is -0.464 e. The highest BCUT2D eigenvalue weighted by Crippen LogP contribution is 2.47. The second kappa shape index (κ2) is 9.97. The molecular formula is C29H29N3O3. The van der Waals surface area contributed by atoms with Crippen molar-refractivity contribution in [2.45, 2.75) is 25.8 Å². The number of hydrogen-bond acceptors (Lipinski definition) is 2. The molecule has 1 atom stereocenters. The van der Waals surface area contributed by atoms with Crippen LogP contribution < -0.4 is 0 Å². The fourth-order valence-corrected chi connectivity index (χ4v) is 4.48. The van der Waals surface area contributed by atoms with Crippen molar-refractivity contribution in [1.29, 1.82) is 0 Å². The van der Waals surface area contributed by atoms with Gasteiger partial charge in [-0.1, -0.05) is 105 Å². The molecule has 3 aromatic carbocycles. The molecule has 1 heterocycles. The molecule has 1 aliphatic heterocycles. The van der Waals surface area contributed by atoms with Crippen LogP contribution in [0.5, 0.6) is 0 Å². The second-order valence-electron chi connectivity index (χ2n) is 8.91. The summed E-state index contributed by atoms with van der Waals surface area (Å²) >= 11 is 0. The van der Waals surface area contributed by atoms with Crippen molar-refractivity contribution in [3.8, 4) is 0 Å². The number of carbonyl (C=O) groups excluding carboxylic acids is 1. The summed E-state index contributed by atoms with van der Waals surface area (Å²) in [5.41, 5.74) is 2.38. The average molecular weight is 468 g/mol. The molecule has 6 heteroatoms. The predicted octanol–water partition coefficient (Wildman–Crippen LogP) is 5.63. The third-order valence-electron chi connectivity index (χ3n) is 6.29. The normalized spacial score (nSPS) is 20.1. The van der Waals surface area contributed by atoms with Gasteiger partial charge in [-0.2, -0.15) is 4.99 Å². The van der Waals surface area contributed by atoms with E-state index in [9.17, 15) is 14.7 Å². The first kappa shape index (κ1) is 24.0. The van der Waals surface area contributed by atoms with Gasteiger partial charge < -0.3 is 10.0 Å². The van der Waals surface area contributed by atoms with Gasteiger partial charge in [0.15, 0.2) is 0 Å². The van der Waals surface area contributed by atoms with Gasteiger partial charge in [-0.15, -0.1) is 0 Å². The first-order chi connectivity index (χ1) is 16.8. The fourth-order valence-electron chi connectivity index (χ4n) is 4.48. The lowest BCUT2D eigenvalue weighted by molar-refractivity contribution is -0.120. The summed E-state index contributed by atoms with van der Waals surface area (Å²) in [6.45, 7) is 3.50. The number of aliphatic imine (C=N–C) groups is 1. The van der Waals surface area contributed by atoms with E-state index in [2.05, 4.69) is 4.99 Å². The highest BCUT2D eigenvalue weighted by Gasteiger charge is 2.54. The predicted molar refractivity (Wildman–Crippen MR) is 138 cm³/mol. The summed E-state index contributed by atoms with van der Waals surface area (Å²) in [5, 5.41) is 10.4. The first-order valence-corrected chi connectivity index (χ1v) is 11.6. The first-order valence-electron chi connectivity index (χ1n) is 11.6. The smallest absolute Gasteiger partial charge is 0.418 e. The molecule has 0 spiro atoms. The number of likely N-dealkylation sites (N-methyl/N-ethyl adjacent to an activating group) is 1. The summed E-state index contributed by atoms with van der Waals surface area (Å²) in [6, 6.07) is 29.3. The lowest BCUT2D eigenvalue weighted by Gasteiger charge is -2.37. The number of hydrogen-bond donors (Lipinski definition) is 1. The Balaban J connectivity index is 2.06. The number of carbonyl (C=O) groups is 2. The van der Waals surface area contributed by atoms with Crippen LogP contribution in [0, 0.1) is 5.92 Å². The van der Waals surface area contributed by atoms with Crippen LogP contribution in [0.25, 0.3) is 6.08 Å². The van der Waals surface area contributed by atoms with Crippen molar-refractivity contribution in [2.24, 2.45) is 10.9 Å². The topological polar surface area (TPSA) is 73.2 Å². The van der Waals surface area contributed by atoms with E-state index in [1.54, 1.807) is 13.8 Å². The molecule has 0 radical (unpaired) electrons. The Bertz CT molecular complexity index is 1250. The van der Waals surface area contributed by atoms with Crippen LogP contribution in [-0.4, -0.2) is 39.9 Å². The van der Waals surface area contributed by atoms with Crippen LogP contribution in [0.1, 0.15) is 30.5 Å². The highest BCUT2D eigenvalue weighted by molar-refractivity contribution is 6.05. The van der Waals surface area contributed by atoms with Crippen LogP contribution >= 0.6 is 0 Å². The lowest BCUT2D eigenvalue weighted by atomic mass is 9.80. The molecule has 1 N–H and O–H groups in total. The monoisotopic (exact) mass is 467 g/mol. The molecule has 2 amide bonds. The molecule has 178 valence electrons. The Kier molecular flexibility index (Phi) is 6.82. The van der Waals surface area contributed by atoms with E-state index in [1.807, 2.05) is 109 Å². The molecule has 4 rings (SSSR count). The van der Waals surface area contributed by atoms with Crippen LogP contribution in [-0.2, 0) is 16.8 Å². The van der Waals surface area contributed by atoms with Gasteiger partial charge in [0.05, 0.1) is 5.70 Å². The largest absolute Gasteiger partial charge is 0.464 e. The maximum Gasteiger partial charge on any atom is 0.418 e. The quantitative estimate of drug-likeness (QED) is 0.528. The van der Waals surface area contributed by atoms with Crippen molar-refractivity contribution in [1.82, 2.24) is 9.80 Å². The third kappa shape index (κ3) is 4.60. The lowest BCUT2D eigenvalue weighted by Crippen LogP contribution is -2.44. The van der Waals surface area contributed by atoms with Gasteiger partial charge >= 0.3 is 6.09 Å². The highest BCUT2D eigenvalue weighted by atomic mass is 16.4. The molecule has 0 bridgehead atoms. The fraction of sp³-hybridized carbons (Fsp3) is 0.207. The number of benzene rings is 3.